The third-order valence-electron chi connectivity index (χ3n) is 2.50. The molecule has 1 N–H and O–H groups in total. The molecule has 0 spiro atoms. The first-order valence-corrected chi connectivity index (χ1v) is 4.52. The van der Waals surface area contributed by atoms with Crippen LogP contribution in [0.4, 0.5) is 4.39 Å². The molecule has 1 saturated carbocycles. The van der Waals surface area contributed by atoms with Crippen LogP contribution in [0.3, 0.4) is 0 Å². The van der Waals surface area contributed by atoms with Crippen LogP contribution in [0, 0.1) is 11.7 Å². The zero-order valence-electron chi connectivity index (χ0n) is 7.48. The fraction of sp³-hybridized carbons (Fsp3) is 0.400. The fourth-order valence-corrected chi connectivity index (χ4v) is 1.66. The summed E-state index contributed by atoms with van der Waals surface area (Å²) in [5.74, 6) is -2.06. The molecule has 4 heteroatoms. The van der Waals surface area contributed by atoms with Crippen LogP contribution in [-0.2, 0) is 4.79 Å². The molecule has 1 fully saturated rings. The Bertz CT molecular complexity index is 363. The van der Waals surface area contributed by atoms with E-state index in [4.69, 9.17) is 5.11 Å². The fourth-order valence-electron chi connectivity index (χ4n) is 1.66. The number of carbonyl (C=O) groups is 1. The number of pyridine rings is 1. The molecule has 14 heavy (non-hydrogen) atoms. The van der Waals surface area contributed by atoms with Gasteiger partial charge in [0.2, 0.25) is 0 Å². The van der Waals surface area contributed by atoms with E-state index >= 15 is 0 Å². The minimum Gasteiger partial charge on any atom is -0.481 e. The summed E-state index contributed by atoms with van der Waals surface area (Å²) in [5, 5.41) is 8.97. The van der Waals surface area contributed by atoms with E-state index in [9.17, 15) is 9.18 Å². The molecule has 1 atom stereocenters. The van der Waals surface area contributed by atoms with Gasteiger partial charge in [-0.05, 0) is 24.8 Å². The Kier molecular flexibility index (Phi) is 2.19. The lowest BCUT2D eigenvalue weighted by atomic mass is 9.95. The average molecular weight is 195 g/mol. The van der Waals surface area contributed by atoms with Gasteiger partial charge in [0.15, 0.2) is 0 Å². The number of carboxylic acid groups (broad SMARTS) is 1. The minimum absolute atomic E-state index is 0.101. The molecule has 1 heterocycles. The van der Waals surface area contributed by atoms with Crippen LogP contribution in [0.2, 0.25) is 0 Å². The first-order chi connectivity index (χ1) is 6.70. The van der Waals surface area contributed by atoms with Crippen LogP contribution in [0.25, 0.3) is 0 Å². The van der Waals surface area contributed by atoms with Crippen LogP contribution in [0.1, 0.15) is 24.3 Å². The molecule has 0 radical (unpaired) electrons. The average Bonchev–Trinajstić information content (AvgIpc) is 2.92. The second-order valence-electron chi connectivity index (χ2n) is 3.55. The molecular formula is C10H10FNO2. The SMILES string of the molecule is O=C(O)C(c1ccncc1F)C1CC1. The van der Waals surface area contributed by atoms with E-state index < -0.39 is 17.7 Å². The Morgan fingerprint density at radius 1 is 1.64 bits per heavy atom. The summed E-state index contributed by atoms with van der Waals surface area (Å²) in [6.07, 6.45) is 4.24. The van der Waals surface area contributed by atoms with Crippen molar-refractivity contribution in [3.05, 3.63) is 29.8 Å². The molecule has 2 rings (SSSR count). The second-order valence-corrected chi connectivity index (χ2v) is 3.55. The maximum Gasteiger partial charge on any atom is 0.311 e. The first kappa shape index (κ1) is 9.12. The molecule has 0 bridgehead atoms. The van der Waals surface area contributed by atoms with Gasteiger partial charge in [-0.3, -0.25) is 9.78 Å². The lowest BCUT2D eigenvalue weighted by molar-refractivity contribution is -0.139. The number of hydrogen-bond acceptors (Lipinski definition) is 2. The normalized spacial score (nSPS) is 17.8. The first-order valence-electron chi connectivity index (χ1n) is 4.52. The number of hydrogen-bond donors (Lipinski definition) is 1. The highest BCUT2D eigenvalue weighted by atomic mass is 19.1. The van der Waals surface area contributed by atoms with E-state index in [1.807, 2.05) is 0 Å². The van der Waals surface area contributed by atoms with Gasteiger partial charge in [-0.25, -0.2) is 4.39 Å². The molecule has 0 amide bonds. The van der Waals surface area contributed by atoms with Crippen LogP contribution in [0.15, 0.2) is 18.5 Å². The van der Waals surface area contributed by atoms with Crippen LogP contribution in [-0.4, -0.2) is 16.1 Å². The highest BCUT2D eigenvalue weighted by Gasteiger charge is 2.38. The van der Waals surface area contributed by atoms with Gasteiger partial charge in [0.25, 0.3) is 0 Å². The number of nitrogens with zero attached hydrogens (tertiary/aromatic N) is 1. The van der Waals surface area contributed by atoms with Crippen molar-refractivity contribution in [3.63, 3.8) is 0 Å². The third kappa shape index (κ3) is 1.60. The summed E-state index contributed by atoms with van der Waals surface area (Å²) >= 11 is 0. The van der Waals surface area contributed by atoms with Crippen molar-refractivity contribution >= 4 is 5.97 Å². The summed E-state index contributed by atoms with van der Waals surface area (Å²) in [5.41, 5.74) is 0.259. The molecule has 1 aromatic rings. The monoisotopic (exact) mass is 195 g/mol. The smallest absolute Gasteiger partial charge is 0.311 e. The maximum atomic E-state index is 13.3. The molecule has 3 nitrogen and oxygen atoms in total. The summed E-state index contributed by atoms with van der Waals surface area (Å²) in [6, 6.07) is 1.45. The summed E-state index contributed by atoms with van der Waals surface area (Å²) in [6.45, 7) is 0. The molecule has 0 aliphatic heterocycles. The molecule has 1 unspecified atom stereocenters. The molecule has 1 aromatic heterocycles. The largest absolute Gasteiger partial charge is 0.481 e. The lowest BCUT2D eigenvalue weighted by Crippen LogP contribution is -2.15. The van der Waals surface area contributed by atoms with Gasteiger partial charge in [0, 0.05) is 11.8 Å². The number of aromatic nitrogens is 1. The minimum atomic E-state index is -0.947. The molecule has 1 aliphatic carbocycles. The number of rotatable bonds is 3. The van der Waals surface area contributed by atoms with E-state index in [-0.39, 0.29) is 11.5 Å². The highest BCUT2D eigenvalue weighted by Crippen LogP contribution is 2.43. The Labute approximate surface area is 80.6 Å². The third-order valence-corrected chi connectivity index (χ3v) is 2.50. The zero-order chi connectivity index (χ0) is 10.1. The van der Waals surface area contributed by atoms with Crippen molar-refractivity contribution in [3.8, 4) is 0 Å². The molecular weight excluding hydrogens is 185 g/mol. The summed E-state index contributed by atoms with van der Waals surface area (Å²) < 4.78 is 13.3. The number of aliphatic carboxylic acids is 1. The standard InChI is InChI=1S/C10H10FNO2/c11-8-5-12-4-3-7(8)9(10(13)14)6-1-2-6/h3-6,9H,1-2H2,(H,13,14). The molecule has 1 aliphatic rings. The van der Waals surface area contributed by atoms with Gasteiger partial charge in [-0.2, -0.15) is 0 Å². The van der Waals surface area contributed by atoms with E-state index in [0.29, 0.717) is 0 Å². The Hall–Kier alpha value is -1.45. The van der Waals surface area contributed by atoms with Crippen molar-refractivity contribution in [2.24, 2.45) is 5.92 Å². The van der Waals surface area contributed by atoms with Gasteiger partial charge in [0.1, 0.15) is 5.82 Å². The van der Waals surface area contributed by atoms with E-state index in [2.05, 4.69) is 4.98 Å². The quantitative estimate of drug-likeness (QED) is 0.800. The van der Waals surface area contributed by atoms with Crippen LogP contribution >= 0.6 is 0 Å². The van der Waals surface area contributed by atoms with E-state index in [0.717, 1.165) is 19.0 Å². The Morgan fingerprint density at radius 2 is 2.36 bits per heavy atom. The summed E-state index contributed by atoms with van der Waals surface area (Å²) in [7, 11) is 0. The lowest BCUT2D eigenvalue weighted by Gasteiger charge is -2.11. The summed E-state index contributed by atoms with van der Waals surface area (Å²) in [4.78, 5) is 14.5. The predicted octanol–water partition coefficient (Wildman–Crippen LogP) is 1.80. The van der Waals surface area contributed by atoms with Gasteiger partial charge in [-0.15, -0.1) is 0 Å². The zero-order valence-corrected chi connectivity index (χ0v) is 7.48. The predicted molar refractivity (Wildman–Crippen MR) is 47.3 cm³/mol. The topological polar surface area (TPSA) is 50.2 Å². The highest BCUT2D eigenvalue weighted by molar-refractivity contribution is 5.77. The van der Waals surface area contributed by atoms with Crippen molar-refractivity contribution in [2.45, 2.75) is 18.8 Å². The van der Waals surface area contributed by atoms with Crippen molar-refractivity contribution < 1.29 is 14.3 Å². The Morgan fingerprint density at radius 3 is 2.86 bits per heavy atom. The van der Waals surface area contributed by atoms with E-state index in [1.54, 1.807) is 0 Å². The molecule has 0 aromatic carbocycles. The van der Waals surface area contributed by atoms with Crippen molar-refractivity contribution in [2.75, 3.05) is 0 Å². The van der Waals surface area contributed by atoms with Crippen LogP contribution in [0.5, 0.6) is 0 Å². The molecule has 0 saturated heterocycles. The Balaban J connectivity index is 2.35. The van der Waals surface area contributed by atoms with Gasteiger partial charge >= 0.3 is 5.97 Å². The maximum absolute atomic E-state index is 13.3. The number of carboxylic acids is 1. The van der Waals surface area contributed by atoms with Gasteiger partial charge in [0.05, 0.1) is 12.1 Å². The molecule has 74 valence electrons. The second kappa shape index (κ2) is 3.36. The van der Waals surface area contributed by atoms with Gasteiger partial charge in [-0.1, -0.05) is 0 Å². The van der Waals surface area contributed by atoms with E-state index in [1.165, 1.54) is 12.3 Å². The van der Waals surface area contributed by atoms with Crippen LogP contribution < -0.4 is 0 Å². The van der Waals surface area contributed by atoms with Crippen molar-refractivity contribution in [1.82, 2.24) is 4.98 Å². The number of halogens is 1. The van der Waals surface area contributed by atoms with Gasteiger partial charge < -0.3 is 5.11 Å². The van der Waals surface area contributed by atoms with Crippen molar-refractivity contribution in [1.29, 1.82) is 0 Å².